The molecule has 0 atom stereocenters. The van der Waals surface area contributed by atoms with E-state index < -0.39 is 0 Å². The summed E-state index contributed by atoms with van der Waals surface area (Å²) >= 11 is 1.59. The van der Waals surface area contributed by atoms with Crippen molar-refractivity contribution in [3.63, 3.8) is 0 Å². The van der Waals surface area contributed by atoms with Gasteiger partial charge >= 0.3 is 0 Å². The minimum Gasteiger partial charge on any atom is -0.332 e. The zero-order valence-corrected chi connectivity index (χ0v) is 14.1. The van der Waals surface area contributed by atoms with Gasteiger partial charge in [-0.1, -0.05) is 23.8 Å². The third kappa shape index (κ3) is 3.03. The fourth-order valence-corrected chi connectivity index (χ4v) is 3.51. The van der Waals surface area contributed by atoms with Gasteiger partial charge in [0.2, 0.25) is 5.91 Å². The molecule has 0 saturated heterocycles. The van der Waals surface area contributed by atoms with Crippen LogP contribution >= 0.6 is 11.3 Å². The molecule has 1 aromatic heterocycles. The number of thiazole rings is 1. The molecule has 2 N–H and O–H groups in total. The molecule has 2 heterocycles. The number of hydrogen-bond acceptors (Lipinski definition) is 4. The first-order chi connectivity index (χ1) is 11.7. The van der Waals surface area contributed by atoms with Gasteiger partial charge in [0.05, 0.1) is 5.69 Å². The quantitative estimate of drug-likeness (QED) is 0.726. The molecule has 1 aliphatic heterocycles. The second-order valence-corrected chi connectivity index (χ2v) is 6.81. The highest BCUT2D eigenvalue weighted by molar-refractivity contribution is 7.14. The molecule has 1 amide bonds. The summed E-state index contributed by atoms with van der Waals surface area (Å²) in [5.41, 5.74) is 6.40. The van der Waals surface area contributed by atoms with Crippen molar-refractivity contribution in [2.24, 2.45) is 0 Å². The largest absolute Gasteiger partial charge is 0.332 e. The highest BCUT2D eigenvalue weighted by Crippen LogP contribution is 2.31. The van der Waals surface area contributed by atoms with E-state index in [1.165, 1.54) is 11.1 Å². The second-order valence-electron chi connectivity index (χ2n) is 5.95. The van der Waals surface area contributed by atoms with Gasteiger partial charge in [-0.3, -0.25) is 4.79 Å². The van der Waals surface area contributed by atoms with Crippen molar-refractivity contribution in [1.82, 2.24) is 4.98 Å². The molecular weight excluding hydrogens is 318 g/mol. The highest BCUT2D eigenvalue weighted by Gasteiger charge is 2.15. The van der Waals surface area contributed by atoms with E-state index in [4.69, 9.17) is 0 Å². The van der Waals surface area contributed by atoms with Crippen molar-refractivity contribution in [3.05, 3.63) is 59.0 Å². The van der Waals surface area contributed by atoms with Crippen molar-refractivity contribution in [1.29, 1.82) is 0 Å². The fourth-order valence-electron chi connectivity index (χ4n) is 2.77. The molecule has 4 rings (SSSR count). The van der Waals surface area contributed by atoms with Crippen LogP contribution in [0.1, 0.15) is 17.5 Å². The maximum Gasteiger partial charge on any atom is 0.224 e. The summed E-state index contributed by atoms with van der Waals surface area (Å²) in [5, 5.41) is 9.18. The summed E-state index contributed by atoms with van der Waals surface area (Å²) in [6.45, 7) is 2.07. The van der Waals surface area contributed by atoms with Crippen LogP contribution in [0.4, 0.5) is 16.5 Å². The van der Waals surface area contributed by atoms with Gasteiger partial charge in [-0.25, -0.2) is 4.98 Å². The highest BCUT2D eigenvalue weighted by atomic mass is 32.1. The molecule has 0 saturated carbocycles. The number of benzene rings is 2. The third-order valence-corrected chi connectivity index (χ3v) is 4.86. The Morgan fingerprint density at radius 2 is 1.96 bits per heavy atom. The molecule has 0 bridgehead atoms. The Labute approximate surface area is 144 Å². The van der Waals surface area contributed by atoms with Crippen LogP contribution in [0.5, 0.6) is 0 Å². The van der Waals surface area contributed by atoms with E-state index in [9.17, 15) is 4.79 Å². The number of carbonyl (C=O) groups excluding carboxylic acids is 1. The number of nitrogens with zero attached hydrogens (tertiary/aromatic N) is 1. The molecular formula is C19H17N3OS. The average molecular weight is 335 g/mol. The van der Waals surface area contributed by atoms with Crippen LogP contribution in [-0.2, 0) is 11.2 Å². The number of rotatable bonds is 3. The number of amides is 1. The zero-order chi connectivity index (χ0) is 16.5. The van der Waals surface area contributed by atoms with Gasteiger partial charge in [-0.2, -0.15) is 0 Å². The van der Waals surface area contributed by atoms with Crippen LogP contribution in [0.3, 0.4) is 0 Å². The fraction of sp³-hybridized carbons (Fsp3) is 0.158. The van der Waals surface area contributed by atoms with Crippen LogP contribution in [0, 0.1) is 6.92 Å². The molecule has 1 aliphatic rings. The van der Waals surface area contributed by atoms with E-state index in [1.54, 1.807) is 11.3 Å². The molecule has 2 aromatic carbocycles. The molecule has 0 unspecified atom stereocenters. The van der Waals surface area contributed by atoms with Crippen LogP contribution < -0.4 is 10.6 Å². The number of carbonyl (C=O) groups is 1. The SMILES string of the molecule is Cc1ccc(Nc2nc(-c3ccc4c(c3)CCC(=O)N4)cs2)cc1. The van der Waals surface area contributed by atoms with E-state index in [-0.39, 0.29) is 5.91 Å². The van der Waals surface area contributed by atoms with E-state index in [0.29, 0.717) is 6.42 Å². The maximum atomic E-state index is 11.4. The van der Waals surface area contributed by atoms with Gasteiger partial charge in [0, 0.05) is 28.7 Å². The molecule has 5 heteroatoms. The van der Waals surface area contributed by atoms with Crippen molar-refractivity contribution in [2.45, 2.75) is 19.8 Å². The lowest BCUT2D eigenvalue weighted by Gasteiger charge is -2.17. The molecule has 120 valence electrons. The lowest BCUT2D eigenvalue weighted by Crippen LogP contribution is -2.18. The molecule has 0 fully saturated rings. The van der Waals surface area contributed by atoms with E-state index in [0.717, 1.165) is 34.2 Å². The number of anilines is 3. The van der Waals surface area contributed by atoms with Gasteiger partial charge in [0.15, 0.2) is 5.13 Å². The van der Waals surface area contributed by atoms with Crippen LogP contribution in [0.25, 0.3) is 11.3 Å². The number of aryl methyl sites for hydroxylation is 2. The first kappa shape index (κ1) is 14.9. The second kappa shape index (κ2) is 6.09. The van der Waals surface area contributed by atoms with Crippen molar-refractivity contribution in [2.75, 3.05) is 10.6 Å². The summed E-state index contributed by atoms with van der Waals surface area (Å²) in [6.07, 6.45) is 1.33. The Morgan fingerprint density at radius 3 is 2.79 bits per heavy atom. The van der Waals surface area contributed by atoms with E-state index in [2.05, 4.69) is 58.3 Å². The predicted molar refractivity (Wildman–Crippen MR) is 99.0 cm³/mol. The standard InChI is InChI=1S/C19H17N3OS/c1-12-2-6-15(7-3-12)20-19-22-17(11-24-19)14-4-8-16-13(10-14)5-9-18(23)21-16/h2-4,6-8,10-11H,5,9H2,1H3,(H,20,22)(H,21,23). The third-order valence-electron chi connectivity index (χ3n) is 4.10. The Morgan fingerprint density at radius 1 is 1.12 bits per heavy atom. The Balaban J connectivity index is 1.56. The van der Waals surface area contributed by atoms with Gasteiger partial charge in [0.1, 0.15) is 0 Å². The maximum absolute atomic E-state index is 11.4. The molecule has 0 radical (unpaired) electrons. The van der Waals surface area contributed by atoms with E-state index in [1.807, 2.05) is 12.1 Å². The average Bonchev–Trinajstić information content (AvgIpc) is 3.05. The zero-order valence-electron chi connectivity index (χ0n) is 13.3. The van der Waals surface area contributed by atoms with Crippen LogP contribution in [0.2, 0.25) is 0 Å². The summed E-state index contributed by atoms with van der Waals surface area (Å²) in [7, 11) is 0. The molecule has 0 spiro atoms. The van der Waals surface area contributed by atoms with Crippen LogP contribution in [0.15, 0.2) is 47.8 Å². The monoisotopic (exact) mass is 335 g/mol. The lowest BCUT2D eigenvalue weighted by molar-refractivity contribution is -0.116. The topological polar surface area (TPSA) is 54.0 Å². The minimum absolute atomic E-state index is 0.0912. The minimum atomic E-state index is 0.0912. The molecule has 3 aromatic rings. The Hall–Kier alpha value is -2.66. The molecule has 4 nitrogen and oxygen atoms in total. The van der Waals surface area contributed by atoms with Crippen molar-refractivity contribution >= 4 is 33.8 Å². The van der Waals surface area contributed by atoms with Crippen LogP contribution in [-0.4, -0.2) is 10.9 Å². The first-order valence-electron chi connectivity index (χ1n) is 7.90. The Bertz CT molecular complexity index is 899. The van der Waals surface area contributed by atoms with Crippen molar-refractivity contribution < 1.29 is 4.79 Å². The number of fused-ring (bicyclic) bond motifs is 1. The number of aromatic nitrogens is 1. The summed E-state index contributed by atoms with van der Waals surface area (Å²) in [5.74, 6) is 0.0912. The van der Waals surface area contributed by atoms with E-state index >= 15 is 0 Å². The molecule has 0 aliphatic carbocycles. The van der Waals surface area contributed by atoms with Gasteiger partial charge in [0.25, 0.3) is 0 Å². The van der Waals surface area contributed by atoms with Gasteiger partial charge < -0.3 is 10.6 Å². The summed E-state index contributed by atoms with van der Waals surface area (Å²) < 4.78 is 0. The lowest BCUT2D eigenvalue weighted by atomic mass is 9.99. The van der Waals surface area contributed by atoms with Crippen molar-refractivity contribution in [3.8, 4) is 11.3 Å². The summed E-state index contributed by atoms with van der Waals surface area (Å²) in [6, 6.07) is 14.4. The first-order valence-corrected chi connectivity index (χ1v) is 8.78. The smallest absolute Gasteiger partial charge is 0.224 e. The number of hydrogen-bond donors (Lipinski definition) is 2. The normalized spacial score (nSPS) is 13.3. The predicted octanol–water partition coefficient (Wildman–Crippen LogP) is 4.75. The number of nitrogens with one attached hydrogen (secondary N) is 2. The van der Waals surface area contributed by atoms with Gasteiger partial charge in [-0.15, -0.1) is 11.3 Å². The summed E-state index contributed by atoms with van der Waals surface area (Å²) in [4.78, 5) is 16.1. The molecule has 24 heavy (non-hydrogen) atoms. The van der Waals surface area contributed by atoms with Gasteiger partial charge in [-0.05, 0) is 43.2 Å². The Kier molecular flexibility index (Phi) is 3.78.